The molecule has 1 fully saturated rings. The van der Waals surface area contributed by atoms with Gasteiger partial charge in [-0.1, -0.05) is 0 Å². The molecule has 1 saturated heterocycles. The summed E-state index contributed by atoms with van der Waals surface area (Å²) < 4.78 is 7.40. The molecular weight excluding hydrogens is 416 g/mol. The Balaban J connectivity index is 1.60. The molecule has 8 heteroatoms. The second kappa shape index (κ2) is 9.90. The van der Waals surface area contributed by atoms with E-state index in [4.69, 9.17) is 9.72 Å². The molecule has 1 aliphatic rings. The predicted molar refractivity (Wildman–Crippen MR) is 127 cm³/mol. The molecule has 4 heterocycles. The number of carbonyl (C=O) groups is 1. The number of fused-ring (bicyclic) bond motifs is 1. The number of rotatable bonds is 7. The van der Waals surface area contributed by atoms with E-state index >= 15 is 0 Å². The van der Waals surface area contributed by atoms with E-state index in [0.717, 1.165) is 61.5 Å². The zero-order valence-electron chi connectivity index (χ0n) is 19.5. The largest absolute Gasteiger partial charge is 0.492 e. The van der Waals surface area contributed by atoms with E-state index in [1.165, 1.54) is 0 Å². The van der Waals surface area contributed by atoms with Crippen molar-refractivity contribution in [1.82, 2.24) is 19.5 Å². The SMILES string of the molecule is CCOc1cc(-c2ccc(N(CC)C[C@H]3CCCN(C(C)=O)C3)nc2)c2c(C#N)cnn2c1. The van der Waals surface area contributed by atoms with Gasteiger partial charge in [0.15, 0.2) is 0 Å². The molecule has 1 aliphatic heterocycles. The second-order valence-electron chi connectivity index (χ2n) is 8.40. The smallest absolute Gasteiger partial charge is 0.219 e. The summed E-state index contributed by atoms with van der Waals surface area (Å²) in [5.41, 5.74) is 3.02. The van der Waals surface area contributed by atoms with Crippen molar-refractivity contribution in [2.75, 3.05) is 37.7 Å². The maximum atomic E-state index is 11.8. The van der Waals surface area contributed by atoms with Crippen LogP contribution in [0, 0.1) is 17.2 Å². The van der Waals surface area contributed by atoms with Crippen LogP contribution < -0.4 is 9.64 Å². The lowest BCUT2D eigenvalue weighted by Gasteiger charge is -2.35. The zero-order valence-corrected chi connectivity index (χ0v) is 19.5. The van der Waals surface area contributed by atoms with E-state index in [1.54, 1.807) is 23.8 Å². The number of nitriles is 1. The number of aromatic nitrogens is 3. The molecule has 0 bridgehead atoms. The van der Waals surface area contributed by atoms with Gasteiger partial charge >= 0.3 is 0 Å². The van der Waals surface area contributed by atoms with Gasteiger partial charge in [-0.25, -0.2) is 9.50 Å². The maximum absolute atomic E-state index is 11.8. The van der Waals surface area contributed by atoms with Crippen LogP contribution in [0.2, 0.25) is 0 Å². The number of amides is 1. The Morgan fingerprint density at radius 2 is 2.18 bits per heavy atom. The van der Waals surface area contributed by atoms with E-state index < -0.39 is 0 Å². The molecule has 0 radical (unpaired) electrons. The molecule has 0 N–H and O–H groups in total. The van der Waals surface area contributed by atoms with E-state index in [1.807, 2.05) is 36.2 Å². The first-order valence-electron chi connectivity index (χ1n) is 11.5. The fraction of sp³-hybridized carbons (Fsp3) is 0.440. The third kappa shape index (κ3) is 4.77. The Bertz CT molecular complexity index is 1160. The summed E-state index contributed by atoms with van der Waals surface area (Å²) >= 11 is 0. The molecule has 8 nitrogen and oxygen atoms in total. The first-order valence-corrected chi connectivity index (χ1v) is 11.5. The van der Waals surface area contributed by atoms with Gasteiger partial charge in [-0.05, 0) is 50.8 Å². The molecule has 3 aromatic rings. The van der Waals surface area contributed by atoms with Crippen molar-refractivity contribution in [1.29, 1.82) is 5.26 Å². The van der Waals surface area contributed by atoms with Crippen LogP contribution in [0.15, 0.2) is 36.8 Å². The van der Waals surface area contributed by atoms with Gasteiger partial charge in [-0.3, -0.25) is 4.79 Å². The number of likely N-dealkylation sites (tertiary alicyclic amines) is 1. The molecule has 33 heavy (non-hydrogen) atoms. The average Bonchev–Trinajstić information content (AvgIpc) is 3.25. The number of nitrogens with zero attached hydrogens (tertiary/aromatic N) is 6. The summed E-state index contributed by atoms with van der Waals surface area (Å²) in [5, 5.41) is 13.9. The number of ether oxygens (including phenoxy) is 1. The molecule has 0 unspecified atom stereocenters. The minimum absolute atomic E-state index is 0.155. The highest BCUT2D eigenvalue weighted by Gasteiger charge is 2.24. The van der Waals surface area contributed by atoms with Gasteiger partial charge in [-0.2, -0.15) is 10.4 Å². The second-order valence-corrected chi connectivity index (χ2v) is 8.40. The van der Waals surface area contributed by atoms with Crippen molar-refractivity contribution in [2.24, 2.45) is 5.92 Å². The summed E-state index contributed by atoms with van der Waals surface area (Å²) in [6.45, 7) is 9.64. The van der Waals surface area contributed by atoms with Crippen molar-refractivity contribution in [3.05, 3.63) is 42.4 Å². The van der Waals surface area contributed by atoms with Crippen LogP contribution >= 0.6 is 0 Å². The molecule has 0 aromatic carbocycles. The minimum atomic E-state index is 0.155. The summed E-state index contributed by atoms with van der Waals surface area (Å²) in [6.07, 6.45) is 7.38. The summed E-state index contributed by atoms with van der Waals surface area (Å²) in [6, 6.07) is 8.22. The standard InChI is InChI=1S/C25H30N6O2/c1-4-29(15-19-7-6-10-30(16-19)18(3)32)24-9-8-20(13-27-24)23-11-22(33-5-2)17-31-25(23)21(12-26)14-28-31/h8-9,11,13-14,17,19H,4-7,10,15-16H2,1-3H3/t19-/m1/s1. The highest BCUT2D eigenvalue weighted by atomic mass is 16.5. The summed E-state index contributed by atoms with van der Waals surface area (Å²) in [7, 11) is 0. The Morgan fingerprint density at radius 3 is 2.85 bits per heavy atom. The molecule has 3 aromatic heterocycles. The van der Waals surface area contributed by atoms with Gasteiger partial charge in [0.25, 0.3) is 0 Å². The van der Waals surface area contributed by atoms with Crippen LogP contribution in [0.3, 0.4) is 0 Å². The van der Waals surface area contributed by atoms with Crippen molar-refractivity contribution < 1.29 is 9.53 Å². The highest BCUT2D eigenvalue weighted by Crippen LogP contribution is 2.31. The van der Waals surface area contributed by atoms with E-state index in [-0.39, 0.29) is 5.91 Å². The van der Waals surface area contributed by atoms with Crippen LogP contribution in [0.25, 0.3) is 16.6 Å². The Hall–Kier alpha value is -3.60. The van der Waals surface area contributed by atoms with Crippen molar-refractivity contribution in [3.63, 3.8) is 0 Å². The number of piperidine rings is 1. The molecule has 0 saturated carbocycles. The maximum Gasteiger partial charge on any atom is 0.219 e. The van der Waals surface area contributed by atoms with E-state index in [2.05, 4.69) is 23.0 Å². The van der Waals surface area contributed by atoms with E-state index in [0.29, 0.717) is 23.8 Å². The number of carbonyl (C=O) groups excluding carboxylic acids is 1. The number of anilines is 1. The van der Waals surface area contributed by atoms with Crippen LogP contribution in [-0.4, -0.2) is 58.2 Å². The van der Waals surface area contributed by atoms with Gasteiger partial charge in [0.1, 0.15) is 17.6 Å². The third-order valence-corrected chi connectivity index (χ3v) is 6.23. The van der Waals surface area contributed by atoms with Crippen molar-refractivity contribution >= 4 is 17.2 Å². The van der Waals surface area contributed by atoms with Crippen LogP contribution in [0.5, 0.6) is 5.75 Å². The molecular formula is C25H30N6O2. The number of hydrogen-bond acceptors (Lipinski definition) is 6. The van der Waals surface area contributed by atoms with Gasteiger partial charge < -0.3 is 14.5 Å². The van der Waals surface area contributed by atoms with Gasteiger partial charge in [-0.15, -0.1) is 0 Å². The van der Waals surface area contributed by atoms with Gasteiger partial charge in [0.2, 0.25) is 5.91 Å². The van der Waals surface area contributed by atoms with Gasteiger partial charge in [0, 0.05) is 50.4 Å². The summed E-state index contributed by atoms with van der Waals surface area (Å²) in [5.74, 6) is 2.20. The van der Waals surface area contributed by atoms with Gasteiger partial charge in [0.05, 0.1) is 30.1 Å². The lowest BCUT2D eigenvalue weighted by atomic mass is 9.97. The lowest BCUT2D eigenvalue weighted by molar-refractivity contribution is -0.130. The average molecular weight is 447 g/mol. The first-order chi connectivity index (χ1) is 16.0. The third-order valence-electron chi connectivity index (χ3n) is 6.23. The lowest BCUT2D eigenvalue weighted by Crippen LogP contribution is -2.43. The molecule has 0 spiro atoms. The first kappa shape index (κ1) is 22.6. The van der Waals surface area contributed by atoms with Crippen molar-refractivity contribution in [2.45, 2.75) is 33.6 Å². The fourth-order valence-electron chi connectivity index (χ4n) is 4.57. The molecule has 1 atom stereocenters. The quantitative estimate of drug-likeness (QED) is 0.549. The van der Waals surface area contributed by atoms with Crippen LogP contribution in [-0.2, 0) is 4.79 Å². The van der Waals surface area contributed by atoms with Crippen LogP contribution in [0.1, 0.15) is 39.2 Å². The predicted octanol–water partition coefficient (Wildman–Crippen LogP) is 3.75. The molecule has 4 rings (SSSR count). The van der Waals surface area contributed by atoms with Crippen molar-refractivity contribution in [3.8, 4) is 22.9 Å². The molecule has 172 valence electrons. The highest BCUT2D eigenvalue weighted by molar-refractivity contribution is 5.85. The number of hydrogen-bond donors (Lipinski definition) is 0. The topological polar surface area (TPSA) is 86.8 Å². The Morgan fingerprint density at radius 1 is 1.33 bits per heavy atom. The normalized spacial score (nSPS) is 15.9. The molecule has 1 amide bonds. The Kier molecular flexibility index (Phi) is 6.78. The number of pyridine rings is 2. The fourth-order valence-corrected chi connectivity index (χ4v) is 4.57. The summed E-state index contributed by atoms with van der Waals surface area (Å²) in [4.78, 5) is 20.8. The molecule has 0 aliphatic carbocycles. The monoisotopic (exact) mass is 446 g/mol. The van der Waals surface area contributed by atoms with Crippen LogP contribution in [0.4, 0.5) is 5.82 Å². The van der Waals surface area contributed by atoms with E-state index in [9.17, 15) is 10.1 Å². The Labute approximate surface area is 194 Å². The minimum Gasteiger partial charge on any atom is -0.492 e. The zero-order chi connectivity index (χ0) is 23.4.